The Morgan fingerprint density at radius 1 is 1.70 bits per heavy atom. The molecule has 0 saturated carbocycles. The van der Waals surface area contributed by atoms with Crippen molar-refractivity contribution in [3.8, 4) is 0 Å². The van der Waals surface area contributed by atoms with E-state index in [-0.39, 0.29) is 12.1 Å². The number of aliphatic hydroxyl groups excluding tert-OH is 1. The highest BCUT2D eigenvalue weighted by Crippen LogP contribution is 2.07. The molecule has 0 radical (unpaired) electrons. The van der Waals surface area contributed by atoms with E-state index < -0.39 is 0 Å². The van der Waals surface area contributed by atoms with Crippen LogP contribution in [0.4, 0.5) is 0 Å². The summed E-state index contributed by atoms with van der Waals surface area (Å²) in [6.07, 6.45) is -0.287. The molecule has 2 atom stereocenters. The van der Waals surface area contributed by atoms with Gasteiger partial charge in [-0.3, -0.25) is 4.90 Å². The van der Waals surface area contributed by atoms with E-state index in [0.29, 0.717) is 6.61 Å². The van der Waals surface area contributed by atoms with Gasteiger partial charge in [-0.2, -0.15) is 0 Å². The molecule has 10 heavy (non-hydrogen) atoms. The molecule has 1 N–H and O–H groups in total. The van der Waals surface area contributed by atoms with Gasteiger partial charge in [0.1, 0.15) is 0 Å². The van der Waals surface area contributed by atoms with Crippen LogP contribution in [-0.4, -0.2) is 49.0 Å². The predicted molar refractivity (Wildman–Crippen MR) is 38.9 cm³/mol. The summed E-state index contributed by atoms with van der Waals surface area (Å²) in [4.78, 5) is 2.13. The summed E-state index contributed by atoms with van der Waals surface area (Å²) in [6, 6.07) is 0.189. The van der Waals surface area contributed by atoms with Crippen molar-refractivity contribution in [1.29, 1.82) is 0 Å². The minimum atomic E-state index is -0.287. The lowest BCUT2D eigenvalue weighted by Crippen LogP contribution is -2.48. The van der Waals surface area contributed by atoms with E-state index in [1.807, 2.05) is 7.05 Å². The SMILES string of the molecule is CC(O)C1COCCN1C. The number of hydrogen-bond acceptors (Lipinski definition) is 3. The number of rotatable bonds is 1. The van der Waals surface area contributed by atoms with Gasteiger partial charge in [-0.25, -0.2) is 0 Å². The first-order chi connectivity index (χ1) is 4.72. The average molecular weight is 145 g/mol. The monoisotopic (exact) mass is 145 g/mol. The summed E-state index contributed by atoms with van der Waals surface area (Å²) in [5, 5.41) is 9.23. The zero-order valence-electron chi connectivity index (χ0n) is 6.58. The van der Waals surface area contributed by atoms with Crippen LogP contribution < -0.4 is 0 Å². The minimum absolute atomic E-state index is 0.189. The molecule has 0 amide bonds. The zero-order chi connectivity index (χ0) is 7.56. The maximum absolute atomic E-state index is 9.23. The van der Waals surface area contributed by atoms with Gasteiger partial charge in [0.05, 0.1) is 25.4 Å². The first-order valence-electron chi connectivity index (χ1n) is 3.68. The molecular weight excluding hydrogens is 130 g/mol. The third-order valence-corrected chi connectivity index (χ3v) is 2.00. The van der Waals surface area contributed by atoms with Crippen LogP contribution in [0.2, 0.25) is 0 Å². The average Bonchev–Trinajstić information content (AvgIpc) is 1.88. The third kappa shape index (κ3) is 1.68. The zero-order valence-corrected chi connectivity index (χ0v) is 6.58. The summed E-state index contributed by atoms with van der Waals surface area (Å²) >= 11 is 0. The number of ether oxygens (including phenoxy) is 1. The number of likely N-dealkylation sites (N-methyl/N-ethyl adjacent to an activating group) is 1. The Morgan fingerprint density at radius 3 is 2.80 bits per heavy atom. The van der Waals surface area contributed by atoms with Crippen molar-refractivity contribution in [3.63, 3.8) is 0 Å². The standard InChI is InChI=1S/C7H15NO2/c1-6(9)7-5-10-4-3-8(7)2/h6-7,9H,3-5H2,1-2H3. The van der Waals surface area contributed by atoms with E-state index in [0.717, 1.165) is 13.2 Å². The van der Waals surface area contributed by atoms with Crippen molar-refractivity contribution in [1.82, 2.24) is 4.90 Å². The van der Waals surface area contributed by atoms with E-state index in [1.165, 1.54) is 0 Å². The lowest BCUT2D eigenvalue weighted by Gasteiger charge is -2.34. The maximum atomic E-state index is 9.23. The molecule has 3 heteroatoms. The van der Waals surface area contributed by atoms with Crippen LogP contribution in [0.3, 0.4) is 0 Å². The van der Waals surface area contributed by atoms with Crippen LogP contribution in [0.25, 0.3) is 0 Å². The Kier molecular flexibility index (Phi) is 2.65. The topological polar surface area (TPSA) is 32.7 Å². The molecule has 1 rings (SSSR count). The summed E-state index contributed by atoms with van der Waals surface area (Å²) in [5.74, 6) is 0. The van der Waals surface area contributed by atoms with Gasteiger partial charge in [-0.15, -0.1) is 0 Å². The summed E-state index contributed by atoms with van der Waals surface area (Å²) < 4.78 is 5.21. The Balaban J connectivity index is 2.40. The number of aliphatic hydroxyl groups is 1. The van der Waals surface area contributed by atoms with Crippen molar-refractivity contribution in [2.45, 2.75) is 19.1 Å². The van der Waals surface area contributed by atoms with Crippen LogP contribution in [0, 0.1) is 0 Å². The van der Waals surface area contributed by atoms with Crippen molar-refractivity contribution in [3.05, 3.63) is 0 Å². The second-order valence-corrected chi connectivity index (χ2v) is 2.86. The molecule has 3 nitrogen and oxygen atoms in total. The van der Waals surface area contributed by atoms with Crippen LogP contribution in [0.1, 0.15) is 6.92 Å². The van der Waals surface area contributed by atoms with Crippen molar-refractivity contribution >= 4 is 0 Å². The highest BCUT2D eigenvalue weighted by atomic mass is 16.5. The summed E-state index contributed by atoms with van der Waals surface area (Å²) in [5.41, 5.74) is 0. The molecule has 0 aromatic carbocycles. The molecule has 1 saturated heterocycles. The number of hydrogen-bond donors (Lipinski definition) is 1. The van der Waals surface area contributed by atoms with Gasteiger partial charge >= 0.3 is 0 Å². The van der Waals surface area contributed by atoms with E-state index in [2.05, 4.69) is 4.90 Å². The normalized spacial score (nSPS) is 32.1. The van der Waals surface area contributed by atoms with Gasteiger partial charge in [0, 0.05) is 6.54 Å². The molecule has 0 spiro atoms. The van der Waals surface area contributed by atoms with Gasteiger partial charge < -0.3 is 9.84 Å². The van der Waals surface area contributed by atoms with Gasteiger partial charge in [-0.05, 0) is 14.0 Å². The fourth-order valence-corrected chi connectivity index (χ4v) is 1.21. The van der Waals surface area contributed by atoms with E-state index in [9.17, 15) is 5.11 Å². The molecular formula is C7H15NO2. The fourth-order valence-electron chi connectivity index (χ4n) is 1.21. The largest absolute Gasteiger partial charge is 0.392 e. The van der Waals surface area contributed by atoms with Crippen LogP contribution in [0.5, 0.6) is 0 Å². The van der Waals surface area contributed by atoms with Crippen molar-refractivity contribution in [2.75, 3.05) is 26.8 Å². The molecule has 1 aliphatic rings. The Labute approximate surface area is 61.6 Å². The highest BCUT2D eigenvalue weighted by Gasteiger charge is 2.23. The predicted octanol–water partition coefficient (Wildman–Crippen LogP) is -0.302. The third-order valence-electron chi connectivity index (χ3n) is 2.00. The molecule has 1 aliphatic heterocycles. The van der Waals surface area contributed by atoms with Crippen molar-refractivity contribution < 1.29 is 9.84 Å². The second kappa shape index (κ2) is 3.32. The van der Waals surface area contributed by atoms with Gasteiger partial charge in [0.15, 0.2) is 0 Å². The molecule has 1 fully saturated rings. The second-order valence-electron chi connectivity index (χ2n) is 2.86. The smallest absolute Gasteiger partial charge is 0.0689 e. The van der Waals surface area contributed by atoms with Crippen LogP contribution >= 0.6 is 0 Å². The van der Waals surface area contributed by atoms with Gasteiger partial charge in [0.2, 0.25) is 0 Å². The maximum Gasteiger partial charge on any atom is 0.0689 e. The molecule has 2 unspecified atom stereocenters. The fraction of sp³-hybridized carbons (Fsp3) is 1.00. The molecule has 0 bridgehead atoms. The first-order valence-corrected chi connectivity index (χ1v) is 3.68. The molecule has 0 aromatic heterocycles. The van der Waals surface area contributed by atoms with Crippen LogP contribution in [0.15, 0.2) is 0 Å². The molecule has 0 aliphatic carbocycles. The number of morpholine rings is 1. The van der Waals surface area contributed by atoms with E-state index in [4.69, 9.17) is 4.74 Å². The first kappa shape index (κ1) is 7.98. The quantitative estimate of drug-likeness (QED) is 0.550. The molecule has 60 valence electrons. The van der Waals surface area contributed by atoms with Gasteiger partial charge in [-0.1, -0.05) is 0 Å². The highest BCUT2D eigenvalue weighted by molar-refractivity contribution is 4.76. The Hall–Kier alpha value is -0.120. The molecule has 1 heterocycles. The minimum Gasteiger partial charge on any atom is -0.392 e. The van der Waals surface area contributed by atoms with E-state index >= 15 is 0 Å². The van der Waals surface area contributed by atoms with Crippen molar-refractivity contribution in [2.24, 2.45) is 0 Å². The van der Waals surface area contributed by atoms with Gasteiger partial charge in [0.25, 0.3) is 0 Å². The summed E-state index contributed by atoms with van der Waals surface area (Å²) in [6.45, 7) is 4.18. The lowest BCUT2D eigenvalue weighted by atomic mass is 10.1. The Morgan fingerprint density at radius 2 is 2.40 bits per heavy atom. The molecule has 0 aromatic rings. The van der Waals surface area contributed by atoms with Crippen LogP contribution in [-0.2, 0) is 4.74 Å². The lowest BCUT2D eigenvalue weighted by molar-refractivity contribution is -0.0416. The number of nitrogens with zero attached hydrogens (tertiary/aromatic N) is 1. The summed E-state index contributed by atoms with van der Waals surface area (Å²) in [7, 11) is 2.01. The Bertz CT molecular complexity index is 106. The van der Waals surface area contributed by atoms with E-state index in [1.54, 1.807) is 6.92 Å².